The van der Waals surface area contributed by atoms with E-state index in [9.17, 15) is 4.79 Å². The van der Waals surface area contributed by atoms with Crippen molar-refractivity contribution in [1.29, 1.82) is 0 Å². The van der Waals surface area contributed by atoms with Gasteiger partial charge in [-0.3, -0.25) is 4.79 Å². The van der Waals surface area contributed by atoms with Gasteiger partial charge in [0.05, 0.1) is 6.26 Å². The molecule has 0 bridgehead atoms. The molecule has 0 fully saturated rings. The molecule has 134 valence electrons. The molecule has 0 spiro atoms. The minimum Gasteiger partial charge on any atom is -0.459 e. The number of hydrogen-bond acceptors (Lipinski definition) is 6. The van der Waals surface area contributed by atoms with Crippen LogP contribution in [0.15, 0.2) is 63.6 Å². The molecule has 0 aliphatic carbocycles. The molecule has 3 heterocycles. The van der Waals surface area contributed by atoms with Gasteiger partial charge >= 0.3 is 0 Å². The summed E-state index contributed by atoms with van der Waals surface area (Å²) in [6.45, 7) is 3.84. The monoisotopic (exact) mass is 360 g/mol. The second kappa shape index (κ2) is 6.87. The van der Waals surface area contributed by atoms with Gasteiger partial charge in [-0.05, 0) is 49.7 Å². The molecule has 7 nitrogen and oxygen atoms in total. The number of rotatable bonds is 4. The van der Waals surface area contributed by atoms with Crippen LogP contribution in [-0.4, -0.2) is 21.1 Å². The van der Waals surface area contributed by atoms with Gasteiger partial charge in [0.25, 0.3) is 17.7 Å². The summed E-state index contributed by atoms with van der Waals surface area (Å²) in [5.41, 5.74) is 2.98. The molecular formula is C20H16N4O3. The van der Waals surface area contributed by atoms with Gasteiger partial charge in [-0.1, -0.05) is 23.8 Å². The van der Waals surface area contributed by atoms with E-state index in [1.165, 1.54) is 6.26 Å². The van der Waals surface area contributed by atoms with Crippen LogP contribution < -0.4 is 5.32 Å². The van der Waals surface area contributed by atoms with E-state index in [0.717, 1.165) is 11.1 Å². The highest BCUT2D eigenvalue weighted by molar-refractivity contribution is 6.05. The molecule has 0 aliphatic rings. The maximum Gasteiger partial charge on any atom is 0.283 e. The molecule has 3 aromatic heterocycles. The van der Waals surface area contributed by atoms with Crippen LogP contribution in [0, 0.1) is 13.8 Å². The summed E-state index contributed by atoms with van der Waals surface area (Å²) in [6, 6.07) is 14.4. The quantitative estimate of drug-likeness (QED) is 0.584. The Morgan fingerprint density at radius 2 is 1.85 bits per heavy atom. The Bertz CT molecular complexity index is 1100. The van der Waals surface area contributed by atoms with Crippen molar-refractivity contribution in [3.63, 3.8) is 0 Å². The summed E-state index contributed by atoms with van der Waals surface area (Å²) in [5.74, 6) is 1.16. The lowest BCUT2D eigenvalue weighted by Gasteiger charge is -2.08. The minimum absolute atomic E-state index is 0.220. The zero-order valence-corrected chi connectivity index (χ0v) is 14.8. The minimum atomic E-state index is -0.220. The average molecular weight is 360 g/mol. The van der Waals surface area contributed by atoms with Crippen LogP contribution in [0.4, 0.5) is 5.82 Å². The summed E-state index contributed by atoms with van der Waals surface area (Å²) < 4.78 is 10.8. The summed E-state index contributed by atoms with van der Waals surface area (Å²) in [7, 11) is 0. The fourth-order valence-corrected chi connectivity index (χ4v) is 2.61. The first-order valence-corrected chi connectivity index (χ1v) is 8.33. The number of furan rings is 1. The third-order valence-electron chi connectivity index (χ3n) is 4.00. The van der Waals surface area contributed by atoms with Crippen molar-refractivity contribution in [2.24, 2.45) is 0 Å². The van der Waals surface area contributed by atoms with Crippen molar-refractivity contribution in [3.8, 4) is 23.2 Å². The van der Waals surface area contributed by atoms with Gasteiger partial charge in [0.2, 0.25) is 0 Å². The number of pyridine rings is 1. The third kappa shape index (κ3) is 3.48. The molecule has 0 radical (unpaired) electrons. The number of amides is 1. The predicted molar refractivity (Wildman–Crippen MR) is 99.1 cm³/mol. The Hall–Kier alpha value is -3.74. The molecule has 1 N–H and O–H groups in total. The molecule has 27 heavy (non-hydrogen) atoms. The first kappa shape index (κ1) is 16.7. The van der Waals surface area contributed by atoms with Crippen molar-refractivity contribution in [3.05, 3.63) is 71.5 Å². The number of hydrogen-bond donors (Lipinski definition) is 1. The molecule has 0 saturated carbocycles. The Labute approximate surface area is 155 Å². The van der Waals surface area contributed by atoms with Crippen LogP contribution in [-0.2, 0) is 0 Å². The zero-order chi connectivity index (χ0) is 18.8. The van der Waals surface area contributed by atoms with E-state index in [1.807, 2.05) is 32.0 Å². The van der Waals surface area contributed by atoms with Gasteiger partial charge in [-0.2, -0.15) is 0 Å². The van der Waals surface area contributed by atoms with E-state index < -0.39 is 0 Å². The average Bonchev–Trinajstić information content (AvgIpc) is 3.35. The molecule has 0 saturated heterocycles. The van der Waals surface area contributed by atoms with E-state index in [4.69, 9.17) is 8.83 Å². The maximum atomic E-state index is 12.6. The lowest BCUT2D eigenvalue weighted by atomic mass is 10.1. The molecule has 1 amide bonds. The smallest absolute Gasteiger partial charge is 0.283 e. The number of nitrogens with one attached hydrogen (secondary N) is 1. The number of carbonyl (C=O) groups is 1. The van der Waals surface area contributed by atoms with Gasteiger partial charge < -0.3 is 14.2 Å². The lowest BCUT2D eigenvalue weighted by molar-refractivity contribution is 0.102. The van der Waals surface area contributed by atoms with Crippen molar-refractivity contribution in [2.75, 3.05) is 5.32 Å². The Balaban J connectivity index is 1.58. The van der Waals surface area contributed by atoms with Crippen LogP contribution in [0.25, 0.3) is 23.2 Å². The van der Waals surface area contributed by atoms with E-state index >= 15 is 0 Å². The summed E-state index contributed by atoms with van der Waals surface area (Å²) in [4.78, 5) is 17.0. The largest absolute Gasteiger partial charge is 0.459 e. The first-order chi connectivity index (χ1) is 13.1. The fraction of sp³-hybridized carbons (Fsp3) is 0.100. The maximum absolute atomic E-state index is 12.6. The SMILES string of the molecule is Cc1ccc(C)c(C(=O)Nc2cccc(-c3nnc(-c4ccco4)o3)n2)c1. The predicted octanol–water partition coefficient (Wildman–Crippen LogP) is 4.26. The fourth-order valence-electron chi connectivity index (χ4n) is 2.61. The van der Waals surface area contributed by atoms with Gasteiger partial charge in [-0.15, -0.1) is 10.2 Å². The van der Waals surface area contributed by atoms with Crippen LogP contribution in [0.5, 0.6) is 0 Å². The molecule has 4 rings (SSSR count). The third-order valence-corrected chi connectivity index (χ3v) is 4.00. The molecule has 0 aliphatic heterocycles. The van der Waals surface area contributed by atoms with Crippen LogP contribution in [0.1, 0.15) is 21.5 Å². The van der Waals surface area contributed by atoms with E-state index in [-0.39, 0.29) is 17.7 Å². The summed E-state index contributed by atoms with van der Waals surface area (Å²) in [6.07, 6.45) is 1.53. The first-order valence-electron chi connectivity index (χ1n) is 8.33. The zero-order valence-electron chi connectivity index (χ0n) is 14.8. The normalized spacial score (nSPS) is 10.7. The van der Waals surface area contributed by atoms with Crippen molar-refractivity contribution < 1.29 is 13.6 Å². The highest BCUT2D eigenvalue weighted by Gasteiger charge is 2.15. The van der Waals surface area contributed by atoms with Crippen molar-refractivity contribution in [1.82, 2.24) is 15.2 Å². The van der Waals surface area contributed by atoms with E-state index in [2.05, 4.69) is 20.5 Å². The number of carbonyl (C=O) groups excluding carboxylic acids is 1. The highest BCUT2D eigenvalue weighted by Crippen LogP contribution is 2.24. The van der Waals surface area contributed by atoms with Gasteiger partial charge in [0.15, 0.2) is 5.76 Å². The van der Waals surface area contributed by atoms with Gasteiger partial charge in [-0.25, -0.2) is 4.98 Å². The van der Waals surface area contributed by atoms with E-state index in [0.29, 0.717) is 22.8 Å². The van der Waals surface area contributed by atoms with Crippen molar-refractivity contribution in [2.45, 2.75) is 13.8 Å². The standard InChI is InChI=1S/C20H16N4O3/c1-12-8-9-13(2)14(11-12)18(25)22-17-7-3-5-15(21-17)19-23-24-20(27-19)16-6-4-10-26-16/h3-11H,1-2H3,(H,21,22,25). The number of anilines is 1. The molecule has 1 aromatic carbocycles. The Morgan fingerprint density at radius 1 is 1.00 bits per heavy atom. The summed E-state index contributed by atoms with van der Waals surface area (Å²) in [5, 5.41) is 10.8. The van der Waals surface area contributed by atoms with Crippen molar-refractivity contribution >= 4 is 11.7 Å². The number of aromatic nitrogens is 3. The van der Waals surface area contributed by atoms with Gasteiger partial charge in [0.1, 0.15) is 11.5 Å². The van der Waals surface area contributed by atoms with Crippen LogP contribution in [0.3, 0.4) is 0 Å². The summed E-state index contributed by atoms with van der Waals surface area (Å²) >= 11 is 0. The number of aryl methyl sites for hydroxylation is 2. The molecule has 0 atom stereocenters. The topological polar surface area (TPSA) is 94.1 Å². The highest BCUT2D eigenvalue weighted by atomic mass is 16.4. The molecule has 7 heteroatoms. The molecule has 4 aromatic rings. The Morgan fingerprint density at radius 3 is 2.67 bits per heavy atom. The second-order valence-corrected chi connectivity index (χ2v) is 6.07. The van der Waals surface area contributed by atoms with Crippen LogP contribution in [0.2, 0.25) is 0 Å². The second-order valence-electron chi connectivity index (χ2n) is 6.07. The number of nitrogens with zero attached hydrogens (tertiary/aromatic N) is 3. The molecular weight excluding hydrogens is 344 g/mol. The number of benzene rings is 1. The van der Waals surface area contributed by atoms with E-state index in [1.54, 1.807) is 30.3 Å². The van der Waals surface area contributed by atoms with Crippen LogP contribution >= 0.6 is 0 Å². The molecule has 0 unspecified atom stereocenters. The lowest BCUT2D eigenvalue weighted by Crippen LogP contribution is -2.14. The van der Waals surface area contributed by atoms with Gasteiger partial charge in [0, 0.05) is 5.56 Å². The Kier molecular flexibility index (Phi) is 4.25.